The van der Waals surface area contributed by atoms with E-state index < -0.39 is 0 Å². The molecular weight excluding hydrogens is 343 g/mol. The number of hydrogen-bond donors (Lipinski definition) is 2. The lowest BCUT2D eigenvalue weighted by Crippen LogP contribution is -2.42. The number of nitrogens with zero attached hydrogens (tertiary/aromatic N) is 2. The van der Waals surface area contributed by atoms with Gasteiger partial charge in [-0.05, 0) is 41.3 Å². The zero-order chi connectivity index (χ0) is 13.3. The topological polar surface area (TPSA) is 62.9 Å². The van der Waals surface area contributed by atoms with Crippen molar-refractivity contribution in [3.8, 4) is 0 Å². The van der Waals surface area contributed by atoms with Crippen molar-refractivity contribution in [2.24, 2.45) is 10.7 Å². The van der Waals surface area contributed by atoms with Crippen LogP contribution in [-0.4, -0.2) is 56.8 Å². The van der Waals surface area contributed by atoms with Gasteiger partial charge in [-0.25, -0.2) is 0 Å². The molecule has 5 nitrogen and oxygen atoms in total. The number of guanidine groups is 1. The summed E-state index contributed by atoms with van der Waals surface area (Å²) in [7, 11) is 4.09. The average Bonchev–Trinajstić information content (AvgIpc) is 2.26. The van der Waals surface area contributed by atoms with E-state index in [0.717, 1.165) is 26.2 Å². The molecule has 0 aliphatic heterocycles. The van der Waals surface area contributed by atoms with Crippen LogP contribution in [0.5, 0.6) is 0 Å². The second kappa shape index (κ2) is 10.8. The minimum Gasteiger partial charge on any atom is -0.382 e. The van der Waals surface area contributed by atoms with Crippen molar-refractivity contribution in [3.05, 3.63) is 0 Å². The fourth-order valence-electron chi connectivity index (χ4n) is 1.01. The Labute approximate surface area is 129 Å². The minimum atomic E-state index is 0. The van der Waals surface area contributed by atoms with E-state index in [1.807, 2.05) is 21.0 Å². The first-order valence-corrected chi connectivity index (χ1v) is 6.19. The van der Waals surface area contributed by atoms with E-state index >= 15 is 0 Å². The van der Waals surface area contributed by atoms with Gasteiger partial charge in [0, 0.05) is 25.3 Å². The first-order valence-electron chi connectivity index (χ1n) is 6.19. The highest BCUT2D eigenvalue weighted by Crippen LogP contribution is 2.09. The maximum absolute atomic E-state index is 5.78. The van der Waals surface area contributed by atoms with E-state index in [4.69, 9.17) is 10.5 Å². The Morgan fingerprint density at radius 3 is 2.50 bits per heavy atom. The second-order valence-electron chi connectivity index (χ2n) is 4.89. The molecule has 0 heterocycles. The van der Waals surface area contributed by atoms with Crippen molar-refractivity contribution < 1.29 is 4.74 Å². The Morgan fingerprint density at radius 2 is 2.00 bits per heavy atom. The van der Waals surface area contributed by atoms with Crippen LogP contribution in [0.25, 0.3) is 0 Å². The van der Waals surface area contributed by atoms with E-state index in [0.29, 0.717) is 12.5 Å². The summed E-state index contributed by atoms with van der Waals surface area (Å²) in [4.78, 5) is 6.47. The Balaban J connectivity index is 0. The summed E-state index contributed by atoms with van der Waals surface area (Å²) < 4.78 is 5.23. The van der Waals surface area contributed by atoms with E-state index in [2.05, 4.69) is 29.1 Å². The maximum atomic E-state index is 5.78. The average molecular weight is 372 g/mol. The molecule has 3 N–H and O–H groups in total. The number of halogens is 1. The van der Waals surface area contributed by atoms with Crippen LogP contribution < -0.4 is 11.1 Å². The zero-order valence-electron chi connectivity index (χ0n) is 12.3. The lowest BCUT2D eigenvalue weighted by atomic mass is 10.1. The summed E-state index contributed by atoms with van der Waals surface area (Å²) in [6, 6.07) is 0. The van der Waals surface area contributed by atoms with Crippen LogP contribution in [0.15, 0.2) is 4.99 Å². The molecule has 6 heteroatoms. The largest absolute Gasteiger partial charge is 0.382 e. The second-order valence-corrected chi connectivity index (χ2v) is 4.89. The summed E-state index contributed by atoms with van der Waals surface area (Å²) in [6.45, 7) is 9.28. The molecule has 110 valence electrons. The first kappa shape index (κ1) is 20.2. The molecule has 0 atom stereocenters. The number of rotatable bonds is 8. The fourth-order valence-corrected chi connectivity index (χ4v) is 1.01. The third-order valence-electron chi connectivity index (χ3n) is 2.82. The zero-order valence-corrected chi connectivity index (χ0v) is 14.7. The van der Waals surface area contributed by atoms with Crippen LogP contribution in [0.4, 0.5) is 0 Å². The van der Waals surface area contributed by atoms with Gasteiger partial charge < -0.3 is 20.7 Å². The Morgan fingerprint density at radius 1 is 1.39 bits per heavy atom. The van der Waals surface area contributed by atoms with E-state index in [1.165, 1.54) is 0 Å². The molecule has 0 unspecified atom stereocenters. The molecule has 0 saturated heterocycles. The summed E-state index contributed by atoms with van der Waals surface area (Å²) in [6.07, 6.45) is 0.946. The predicted molar refractivity (Wildman–Crippen MR) is 88.8 cm³/mol. The summed E-state index contributed by atoms with van der Waals surface area (Å²) >= 11 is 0. The minimum absolute atomic E-state index is 0. The number of likely N-dealkylation sites (N-methyl/N-ethyl adjacent to an activating group) is 1. The van der Waals surface area contributed by atoms with Crippen molar-refractivity contribution in [2.45, 2.75) is 32.7 Å². The molecule has 0 aromatic rings. The number of hydrogen-bond acceptors (Lipinski definition) is 3. The third kappa shape index (κ3) is 9.90. The van der Waals surface area contributed by atoms with Crippen LogP contribution in [0, 0.1) is 0 Å². The Hall–Kier alpha value is -0.0800. The van der Waals surface area contributed by atoms with E-state index in [9.17, 15) is 0 Å². The molecule has 0 rings (SSSR count). The number of nitrogens with two attached hydrogens (primary N) is 1. The number of aliphatic imine (C=N–C) groups is 1. The van der Waals surface area contributed by atoms with Gasteiger partial charge in [0.05, 0.1) is 6.54 Å². The molecule has 0 radical (unpaired) electrons. The summed E-state index contributed by atoms with van der Waals surface area (Å²) in [5, 5.41) is 3.08. The number of ether oxygens (including phenoxy) is 1. The normalized spacial score (nSPS) is 12.4. The molecule has 18 heavy (non-hydrogen) atoms. The molecule has 0 aromatic heterocycles. The SMILES string of the molecule is CCOCCCNC(N)=NCC(C)(C)N(C)C.I. The maximum Gasteiger partial charge on any atom is 0.188 e. The van der Waals surface area contributed by atoms with Gasteiger partial charge in [-0.2, -0.15) is 0 Å². The van der Waals surface area contributed by atoms with Crippen molar-refractivity contribution in [2.75, 3.05) is 40.4 Å². The first-order chi connectivity index (χ1) is 7.90. The van der Waals surface area contributed by atoms with Gasteiger partial charge >= 0.3 is 0 Å². The third-order valence-corrected chi connectivity index (χ3v) is 2.82. The van der Waals surface area contributed by atoms with Gasteiger partial charge in [0.15, 0.2) is 5.96 Å². The molecule has 0 aliphatic carbocycles. The van der Waals surface area contributed by atoms with Gasteiger partial charge in [0.25, 0.3) is 0 Å². The molecule has 0 spiro atoms. The van der Waals surface area contributed by atoms with Crippen molar-refractivity contribution in [1.82, 2.24) is 10.2 Å². The standard InChI is InChI=1S/C12H28N4O.HI/c1-6-17-9-7-8-14-11(13)15-10-12(2,3)16(4)5;/h6-10H2,1-5H3,(H3,13,14,15);1H. The Kier molecular flexibility index (Phi) is 12.2. The lowest BCUT2D eigenvalue weighted by Gasteiger charge is -2.30. The molecule has 0 bridgehead atoms. The van der Waals surface area contributed by atoms with Crippen molar-refractivity contribution >= 4 is 29.9 Å². The monoisotopic (exact) mass is 372 g/mol. The highest BCUT2D eigenvalue weighted by molar-refractivity contribution is 14.0. The van der Waals surface area contributed by atoms with Crippen LogP contribution in [-0.2, 0) is 4.74 Å². The molecule has 0 aliphatic rings. The molecule has 0 fully saturated rings. The molecule has 0 amide bonds. The lowest BCUT2D eigenvalue weighted by molar-refractivity contribution is 0.145. The van der Waals surface area contributed by atoms with Gasteiger partial charge in [-0.15, -0.1) is 24.0 Å². The predicted octanol–water partition coefficient (Wildman–Crippen LogP) is 1.28. The highest BCUT2D eigenvalue weighted by atomic mass is 127. The molecule has 0 aromatic carbocycles. The van der Waals surface area contributed by atoms with Crippen molar-refractivity contribution in [1.29, 1.82) is 0 Å². The summed E-state index contributed by atoms with van der Waals surface area (Å²) in [5.41, 5.74) is 5.80. The van der Waals surface area contributed by atoms with Gasteiger partial charge in [0.2, 0.25) is 0 Å². The molecule has 0 saturated carbocycles. The highest BCUT2D eigenvalue weighted by Gasteiger charge is 2.19. The van der Waals surface area contributed by atoms with Crippen molar-refractivity contribution in [3.63, 3.8) is 0 Å². The van der Waals surface area contributed by atoms with Crippen LogP contribution >= 0.6 is 24.0 Å². The van der Waals surface area contributed by atoms with E-state index in [-0.39, 0.29) is 29.5 Å². The van der Waals surface area contributed by atoms with Gasteiger partial charge in [-0.3, -0.25) is 4.99 Å². The van der Waals surface area contributed by atoms with E-state index in [1.54, 1.807) is 0 Å². The quantitative estimate of drug-likeness (QED) is 0.292. The fraction of sp³-hybridized carbons (Fsp3) is 0.917. The van der Waals surface area contributed by atoms with Gasteiger partial charge in [0.1, 0.15) is 0 Å². The molecular formula is C12H29IN4O. The van der Waals surface area contributed by atoms with Crippen LogP contribution in [0.3, 0.4) is 0 Å². The number of nitrogens with one attached hydrogen (secondary N) is 1. The van der Waals surface area contributed by atoms with Crippen LogP contribution in [0.1, 0.15) is 27.2 Å². The summed E-state index contributed by atoms with van der Waals surface area (Å²) in [5.74, 6) is 0.511. The smallest absolute Gasteiger partial charge is 0.188 e. The van der Waals surface area contributed by atoms with Gasteiger partial charge in [-0.1, -0.05) is 0 Å². The van der Waals surface area contributed by atoms with Crippen LogP contribution in [0.2, 0.25) is 0 Å². The Bertz CT molecular complexity index is 232.